The Morgan fingerprint density at radius 1 is 1.29 bits per heavy atom. The van der Waals surface area contributed by atoms with E-state index in [9.17, 15) is 0 Å². The third-order valence-electron chi connectivity index (χ3n) is 3.51. The van der Waals surface area contributed by atoms with E-state index in [1.54, 1.807) is 6.20 Å². The van der Waals surface area contributed by atoms with Crippen LogP contribution in [0.25, 0.3) is 0 Å². The second kappa shape index (κ2) is 6.37. The summed E-state index contributed by atoms with van der Waals surface area (Å²) in [6, 6.07) is 10.6. The molecule has 1 unspecified atom stereocenters. The van der Waals surface area contributed by atoms with E-state index in [4.69, 9.17) is 4.42 Å². The van der Waals surface area contributed by atoms with Crippen molar-refractivity contribution in [3.8, 4) is 0 Å². The van der Waals surface area contributed by atoms with Crippen molar-refractivity contribution in [3.05, 3.63) is 72.5 Å². The van der Waals surface area contributed by atoms with Gasteiger partial charge in [0, 0.05) is 18.9 Å². The predicted octanol–water partition coefficient (Wildman–Crippen LogP) is 2.71. The van der Waals surface area contributed by atoms with Gasteiger partial charge in [-0.3, -0.25) is 0 Å². The monoisotopic (exact) mass is 282 g/mol. The van der Waals surface area contributed by atoms with E-state index in [0.717, 1.165) is 18.0 Å². The van der Waals surface area contributed by atoms with Crippen LogP contribution >= 0.6 is 0 Å². The van der Waals surface area contributed by atoms with Crippen molar-refractivity contribution in [2.75, 3.05) is 0 Å². The van der Waals surface area contributed by atoms with Gasteiger partial charge in [0.15, 0.2) is 6.39 Å². The lowest BCUT2D eigenvalue weighted by atomic mass is 10.1. The zero-order valence-electron chi connectivity index (χ0n) is 11.9. The fourth-order valence-electron chi connectivity index (χ4n) is 2.29. The average molecular weight is 282 g/mol. The molecule has 0 aliphatic rings. The smallest absolute Gasteiger partial charge is 0.181 e. The first-order valence-electron chi connectivity index (χ1n) is 6.96. The Morgan fingerprint density at radius 3 is 2.81 bits per heavy atom. The topological polar surface area (TPSA) is 55.9 Å². The summed E-state index contributed by atoms with van der Waals surface area (Å²) in [4.78, 5) is 8.22. The first kappa shape index (κ1) is 13.6. The highest BCUT2D eigenvalue weighted by Gasteiger charge is 2.13. The van der Waals surface area contributed by atoms with E-state index >= 15 is 0 Å². The van der Waals surface area contributed by atoms with Gasteiger partial charge in [0.1, 0.15) is 5.76 Å². The quantitative estimate of drug-likeness (QED) is 0.755. The van der Waals surface area contributed by atoms with Gasteiger partial charge in [-0.2, -0.15) is 0 Å². The second-order valence-electron chi connectivity index (χ2n) is 4.96. The molecular weight excluding hydrogens is 264 g/mol. The lowest BCUT2D eigenvalue weighted by molar-refractivity contribution is 0.416. The van der Waals surface area contributed by atoms with Crippen LogP contribution in [0, 0.1) is 6.92 Å². The van der Waals surface area contributed by atoms with Crippen LogP contribution in [-0.4, -0.2) is 14.5 Å². The molecule has 108 valence electrons. The van der Waals surface area contributed by atoms with Crippen LogP contribution in [0.2, 0.25) is 0 Å². The van der Waals surface area contributed by atoms with Gasteiger partial charge < -0.3 is 14.3 Å². The predicted molar refractivity (Wildman–Crippen MR) is 79.5 cm³/mol. The lowest BCUT2D eigenvalue weighted by Crippen LogP contribution is -2.25. The van der Waals surface area contributed by atoms with Gasteiger partial charge in [0.25, 0.3) is 0 Å². The van der Waals surface area contributed by atoms with Crippen LogP contribution in [0.4, 0.5) is 0 Å². The molecule has 0 aliphatic carbocycles. The van der Waals surface area contributed by atoms with Crippen molar-refractivity contribution < 1.29 is 4.42 Å². The third-order valence-corrected chi connectivity index (χ3v) is 3.51. The molecule has 5 nitrogen and oxygen atoms in total. The summed E-state index contributed by atoms with van der Waals surface area (Å²) < 4.78 is 7.46. The fourth-order valence-corrected chi connectivity index (χ4v) is 2.29. The minimum absolute atomic E-state index is 0.185. The Balaban J connectivity index is 1.74. The lowest BCUT2D eigenvalue weighted by Gasteiger charge is -2.19. The van der Waals surface area contributed by atoms with Crippen LogP contribution in [0.5, 0.6) is 0 Å². The van der Waals surface area contributed by atoms with Gasteiger partial charge in [0.05, 0.1) is 24.6 Å². The van der Waals surface area contributed by atoms with Gasteiger partial charge in [-0.1, -0.05) is 30.3 Å². The van der Waals surface area contributed by atoms with E-state index < -0.39 is 0 Å². The molecule has 0 spiro atoms. The fraction of sp³-hybridized carbons (Fsp3) is 0.250. The van der Waals surface area contributed by atoms with Crippen LogP contribution in [-0.2, 0) is 13.1 Å². The molecule has 0 saturated heterocycles. The Morgan fingerprint density at radius 2 is 2.14 bits per heavy atom. The number of aromatic nitrogens is 3. The molecule has 21 heavy (non-hydrogen) atoms. The molecule has 5 heteroatoms. The van der Waals surface area contributed by atoms with Crippen LogP contribution in [0.15, 0.2) is 59.9 Å². The summed E-state index contributed by atoms with van der Waals surface area (Å²) in [5.41, 5.74) is 2.17. The number of hydrogen-bond acceptors (Lipinski definition) is 4. The summed E-state index contributed by atoms with van der Waals surface area (Å²) in [7, 11) is 0. The van der Waals surface area contributed by atoms with E-state index in [2.05, 4.69) is 44.1 Å². The van der Waals surface area contributed by atoms with Gasteiger partial charge in [-0.15, -0.1) is 0 Å². The molecule has 1 N–H and O–H groups in total. The van der Waals surface area contributed by atoms with Crippen molar-refractivity contribution >= 4 is 0 Å². The number of nitrogens with one attached hydrogen (secondary N) is 1. The second-order valence-corrected chi connectivity index (χ2v) is 4.96. The maximum atomic E-state index is 5.39. The molecule has 3 rings (SSSR count). The number of nitrogens with zero attached hydrogens (tertiary/aromatic N) is 3. The summed E-state index contributed by atoms with van der Waals surface area (Å²) in [5.74, 6) is 0.876. The highest BCUT2D eigenvalue weighted by molar-refractivity contribution is 5.19. The largest absolute Gasteiger partial charge is 0.447 e. The Hall–Kier alpha value is -2.40. The SMILES string of the molecule is Cc1ncoc1CNC(Cn1ccnc1)c1ccccc1. The molecule has 0 aliphatic heterocycles. The van der Waals surface area contributed by atoms with Crippen molar-refractivity contribution in [2.45, 2.75) is 26.1 Å². The Labute approximate surface area is 123 Å². The number of aryl methyl sites for hydroxylation is 1. The number of benzene rings is 1. The minimum Gasteiger partial charge on any atom is -0.447 e. The summed E-state index contributed by atoms with van der Waals surface area (Å²) in [5, 5.41) is 3.54. The van der Waals surface area contributed by atoms with E-state index in [1.807, 2.05) is 25.5 Å². The van der Waals surface area contributed by atoms with Crippen molar-refractivity contribution in [1.29, 1.82) is 0 Å². The molecule has 2 aromatic heterocycles. The van der Waals surface area contributed by atoms with Gasteiger partial charge in [-0.25, -0.2) is 9.97 Å². The van der Waals surface area contributed by atoms with E-state index in [-0.39, 0.29) is 6.04 Å². The van der Waals surface area contributed by atoms with E-state index in [1.165, 1.54) is 12.0 Å². The molecule has 0 fully saturated rings. The maximum absolute atomic E-state index is 5.39. The summed E-state index contributed by atoms with van der Waals surface area (Å²) in [6.07, 6.45) is 7.08. The molecule has 0 bridgehead atoms. The number of rotatable bonds is 6. The van der Waals surface area contributed by atoms with Crippen molar-refractivity contribution in [3.63, 3.8) is 0 Å². The zero-order valence-corrected chi connectivity index (χ0v) is 11.9. The van der Waals surface area contributed by atoms with Gasteiger partial charge in [0.2, 0.25) is 0 Å². The molecule has 2 heterocycles. The zero-order chi connectivity index (χ0) is 14.5. The normalized spacial score (nSPS) is 12.4. The molecular formula is C16H18N4O. The molecule has 0 saturated carbocycles. The number of oxazole rings is 1. The Bertz CT molecular complexity index is 661. The van der Waals surface area contributed by atoms with Crippen LogP contribution < -0.4 is 5.32 Å². The standard InChI is InChI=1S/C16H18N4O/c1-13-16(21-12-19-13)9-18-15(10-20-8-7-17-11-20)14-5-3-2-4-6-14/h2-8,11-12,15,18H,9-10H2,1H3. The molecule has 0 amide bonds. The molecule has 1 aromatic carbocycles. The summed E-state index contributed by atoms with van der Waals surface area (Å²) >= 11 is 0. The average Bonchev–Trinajstić information content (AvgIpc) is 3.16. The molecule has 3 aromatic rings. The molecule has 1 atom stereocenters. The van der Waals surface area contributed by atoms with E-state index in [0.29, 0.717) is 6.54 Å². The van der Waals surface area contributed by atoms with Crippen LogP contribution in [0.1, 0.15) is 23.1 Å². The third kappa shape index (κ3) is 3.38. The highest BCUT2D eigenvalue weighted by Crippen LogP contribution is 2.16. The Kier molecular flexibility index (Phi) is 4.12. The summed E-state index contributed by atoms with van der Waals surface area (Å²) in [6.45, 7) is 3.42. The van der Waals surface area contributed by atoms with Crippen LogP contribution in [0.3, 0.4) is 0 Å². The number of hydrogen-bond donors (Lipinski definition) is 1. The minimum atomic E-state index is 0.185. The van der Waals surface area contributed by atoms with Crippen molar-refractivity contribution in [1.82, 2.24) is 19.9 Å². The van der Waals surface area contributed by atoms with Gasteiger partial charge in [-0.05, 0) is 12.5 Å². The van der Waals surface area contributed by atoms with Gasteiger partial charge >= 0.3 is 0 Å². The first-order chi connectivity index (χ1) is 10.3. The first-order valence-corrected chi connectivity index (χ1v) is 6.96. The maximum Gasteiger partial charge on any atom is 0.181 e. The molecule has 0 radical (unpaired) electrons. The number of imidazole rings is 1. The highest BCUT2D eigenvalue weighted by atomic mass is 16.3. The van der Waals surface area contributed by atoms with Crippen molar-refractivity contribution in [2.24, 2.45) is 0 Å².